The van der Waals surface area contributed by atoms with E-state index in [-0.39, 0.29) is 12.4 Å². The average molecular weight is 346 g/mol. The summed E-state index contributed by atoms with van der Waals surface area (Å²) in [6.45, 7) is 0.594. The quantitative estimate of drug-likeness (QED) is 0.534. The van der Waals surface area contributed by atoms with Crippen LogP contribution in [0.5, 0.6) is 0 Å². The number of aliphatic hydroxyl groups excluding tert-OH is 1. The van der Waals surface area contributed by atoms with Crippen molar-refractivity contribution in [1.29, 1.82) is 0 Å². The van der Waals surface area contributed by atoms with Gasteiger partial charge in [0.2, 0.25) is 0 Å². The highest BCUT2D eigenvalue weighted by atomic mass is 35.5. The van der Waals surface area contributed by atoms with Crippen LogP contribution in [0.25, 0.3) is 10.9 Å². The first kappa shape index (κ1) is 16.7. The molecule has 1 atom stereocenters. The van der Waals surface area contributed by atoms with Crippen molar-refractivity contribution in [3.05, 3.63) is 71.7 Å². The molecular weight excluding hydrogens is 329 g/mol. The zero-order valence-corrected chi connectivity index (χ0v) is 13.7. The predicted octanol–water partition coefficient (Wildman–Crippen LogP) is 4.33. The summed E-state index contributed by atoms with van der Waals surface area (Å²) in [5.41, 5.74) is 1.85. The number of ketones is 1. The first-order valence-corrected chi connectivity index (χ1v) is 8.18. The summed E-state index contributed by atoms with van der Waals surface area (Å²) in [6.07, 6.45) is 2.25. The topological polar surface area (TPSA) is 42.2 Å². The Morgan fingerprint density at radius 1 is 1.21 bits per heavy atom. The first-order chi connectivity index (χ1) is 11.6. The van der Waals surface area contributed by atoms with Crippen LogP contribution in [0.2, 0.25) is 0 Å². The zero-order chi connectivity index (χ0) is 17.1. The van der Waals surface area contributed by atoms with Crippen molar-refractivity contribution < 1.29 is 14.3 Å². The minimum Gasteiger partial charge on any atom is -0.396 e. The lowest BCUT2D eigenvalue weighted by Crippen LogP contribution is -2.07. The lowest BCUT2D eigenvalue weighted by molar-refractivity contribution is 0.0988. The number of aliphatic hydroxyl groups is 1. The standard InChI is InChI=1S/C19H17ClFNO2/c20-18(13-5-2-1-3-6-13)19(24)16-12-22(9-4-10-23)17-8-7-14(21)11-15(16)17/h1-3,5-8,11-12,18,23H,4,9-10H2. The molecule has 0 amide bonds. The Morgan fingerprint density at radius 2 is 1.96 bits per heavy atom. The van der Waals surface area contributed by atoms with Gasteiger partial charge >= 0.3 is 0 Å². The molecule has 1 aromatic heterocycles. The number of benzene rings is 2. The van der Waals surface area contributed by atoms with Gasteiger partial charge in [0.25, 0.3) is 0 Å². The minimum atomic E-state index is -0.827. The highest BCUT2D eigenvalue weighted by molar-refractivity contribution is 6.35. The number of carbonyl (C=O) groups is 1. The van der Waals surface area contributed by atoms with Crippen LogP contribution in [0.4, 0.5) is 4.39 Å². The van der Waals surface area contributed by atoms with E-state index < -0.39 is 11.2 Å². The average Bonchev–Trinajstić information content (AvgIpc) is 2.97. The predicted molar refractivity (Wildman–Crippen MR) is 93.0 cm³/mol. The minimum absolute atomic E-state index is 0.0479. The fourth-order valence-corrected chi connectivity index (χ4v) is 3.06. The normalized spacial score (nSPS) is 12.5. The number of carbonyl (C=O) groups excluding carboxylic acids is 1. The molecule has 0 saturated carbocycles. The molecule has 3 aromatic rings. The fraction of sp³-hybridized carbons (Fsp3) is 0.211. The molecule has 0 spiro atoms. The van der Waals surface area contributed by atoms with Crippen LogP contribution in [-0.2, 0) is 6.54 Å². The Balaban J connectivity index is 2.04. The van der Waals surface area contributed by atoms with Crippen LogP contribution in [-0.4, -0.2) is 22.1 Å². The Bertz CT molecular complexity index is 860. The van der Waals surface area contributed by atoms with Crippen LogP contribution < -0.4 is 0 Å². The Morgan fingerprint density at radius 3 is 2.67 bits per heavy atom. The molecule has 0 aliphatic heterocycles. The van der Waals surface area contributed by atoms with Crippen molar-refractivity contribution in [3.8, 4) is 0 Å². The maximum absolute atomic E-state index is 13.7. The third-order valence-corrected chi connectivity index (χ3v) is 4.44. The van der Waals surface area contributed by atoms with Gasteiger partial charge in [0.15, 0.2) is 5.78 Å². The number of hydrogen-bond donors (Lipinski definition) is 1. The third kappa shape index (κ3) is 3.21. The number of alkyl halides is 1. The number of rotatable bonds is 6. The molecule has 124 valence electrons. The number of fused-ring (bicyclic) bond motifs is 1. The lowest BCUT2D eigenvalue weighted by Gasteiger charge is -2.08. The van der Waals surface area contributed by atoms with Gasteiger partial charge in [-0.3, -0.25) is 4.79 Å². The number of hydrogen-bond acceptors (Lipinski definition) is 2. The second-order valence-electron chi connectivity index (χ2n) is 5.61. The Hall–Kier alpha value is -2.17. The van der Waals surface area contributed by atoms with E-state index in [2.05, 4.69) is 0 Å². The molecule has 3 rings (SSSR count). The molecule has 1 unspecified atom stereocenters. The molecule has 0 aliphatic carbocycles. The van der Waals surface area contributed by atoms with Crippen molar-refractivity contribution in [2.45, 2.75) is 18.3 Å². The second-order valence-corrected chi connectivity index (χ2v) is 6.05. The molecule has 5 heteroatoms. The smallest absolute Gasteiger partial charge is 0.187 e. The van der Waals surface area contributed by atoms with Gasteiger partial charge in [-0.1, -0.05) is 30.3 Å². The van der Waals surface area contributed by atoms with E-state index >= 15 is 0 Å². The summed E-state index contributed by atoms with van der Waals surface area (Å²) >= 11 is 6.35. The number of aromatic nitrogens is 1. The molecule has 1 heterocycles. The van der Waals surface area contributed by atoms with Crippen molar-refractivity contribution in [2.24, 2.45) is 0 Å². The highest BCUT2D eigenvalue weighted by Gasteiger charge is 2.23. The summed E-state index contributed by atoms with van der Waals surface area (Å²) in [4.78, 5) is 12.8. The lowest BCUT2D eigenvalue weighted by atomic mass is 10.0. The molecule has 1 N–H and O–H groups in total. The Labute approximate surface area is 144 Å². The van der Waals surface area contributed by atoms with Gasteiger partial charge in [0, 0.05) is 35.8 Å². The van der Waals surface area contributed by atoms with E-state index in [1.165, 1.54) is 12.1 Å². The number of Topliss-reactive ketones (excluding diaryl/α,β-unsaturated/α-hetero) is 1. The highest BCUT2D eigenvalue weighted by Crippen LogP contribution is 2.30. The van der Waals surface area contributed by atoms with Crippen molar-refractivity contribution in [2.75, 3.05) is 6.61 Å². The van der Waals surface area contributed by atoms with E-state index in [9.17, 15) is 9.18 Å². The van der Waals surface area contributed by atoms with Crippen LogP contribution in [0.1, 0.15) is 27.7 Å². The molecule has 0 fully saturated rings. The van der Waals surface area contributed by atoms with Crippen LogP contribution in [0.3, 0.4) is 0 Å². The zero-order valence-electron chi connectivity index (χ0n) is 13.0. The van der Waals surface area contributed by atoms with Crippen molar-refractivity contribution in [3.63, 3.8) is 0 Å². The van der Waals surface area contributed by atoms with E-state index in [1.54, 1.807) is 24.4 Å². The first-order valence-electron chi connectivity index (χ1n) is 7.74. The maximum atomic E-state index is 13.7. The van der Waals surface area contributed by atoms with Gasteiger partial charge in [-0.15, -0.1) is 11.6 Å². The SMILES string of the molecule is O=C(c1cn(CCCO)c2ccc(F)cc12)C(Cl)c1ccccc1. The molecule has 3 nitrogen and oxygen atoms in total. The third-order valence-electron chi connectivity index (χ3n) is 3.99. The Kier molecular flexibility index (Phi) is 4.97. The van der Waals surface area contributed by atoms with E-state index in [4.69, 9.17) is 16.7 Å². The van der Waals surface area contributed by atoms with Gasteiger partial charge in [-0.2, -0.15) is 0 Å². The van der Waals surface area contributed by atoms with Gasteiger partial charge in [-0.25, -0.2) is 4.39 Å². The summed E-state index contributed by atoms with van der Waals surface area (Å²) in [5.74, 6) is -0.663. The molecule has 0 saturated heterocycles. The van der Waals surface area contributed by atoms with Crippen molar-refractivity contribution >= 4 is 28.3 Å². The van der Waals surface area contributed by atoms with Crippen LogP contribution >= 0.6 is 11.6 Å². The van der Waals surface area contributed by atoms with Gasteiger partial charge in [0.05, 0.1) is 0 Å². The van der Waals surface area contributed by atoms with Crippen LogP contribution in [0, 0.1) is 5.82 Å². The van der Waals surface area contributed by atoms with Crippen molar-refractivity contribution in [1.82, 2.24) is 4.57 Å². The van der Waals surface area contributed by atoms with Gasteiger partial charge < -0.3 is 9.67 Å². The van der Waals surface area contributed by atoms with E-state index in [0.29, 0.717) is 29.5 Å². The van der Waals surface area contributed by atoms with Gasteiger partial charge in [0.1, 0.15) is 11.2 Å². The second kappa shape index (κ2) is 7.16. The molecule has 0 radical (unpaired) electrons. The van der Waals surface area contributed by atoms with Gasteiger partial charge in [-0.05, 0) is 30.2 Å². The molecule has 2 aromatic carbocycles. The molecule has 0 aliphatic rings. The molecule has 0 bridgehead atoms. The molecule has 24 heavy (non-hydrogen) atoms. The molecular formula is C19H17ClFNO2. The van der Waals surface area contributed by atoms with E-state index in [1.807, 2.05) is 22.8 Å². The maximum Gasteiger partial charge on any atom is 0.187 e. The number of nitrogens with zero attached hydrogens (tertiary/aromatic N) is 1. The largest absolute Gasteiger partial charge is 0.396 e. The summed E-state index contributed by atoms with van der Waals surface area (Å²) in [7, 11) is 0. The van der Waals surface area contributed by atoms with E-state index in [0.717, 1.165) is 5.52 Å². The fourth-order valence-electron chi connectivity index (χ4n) is 2.80. The number of halogens is 2. The number of aryl methyl sites for hydroxylation is 1. The summed E-state index contributed by atoms with van der Waals surface area (Å²) in [5, 5.41) is 8.75. The summed E-state index contributed by atoms with van der Waals surface area (Å²) < 4.78 is 15.5. The summed E-state index contributed by atoms with van der Waals surface area (Å²) in [6, 6.07) is 13.4. The van der Waals surface area contributed by atoms with Crippen LogP contribution in [0.15, 0.2) is 54.7 Å². The monoisotopic (exact) mass is 345 g/mol.